The summed E-state index contributed by atoms with van der Waals surface area (Å²) >= 11 is 0. The smallest absolute Gasteiger partial charge is 0.269 e. The summed E-state index contributed by atoms with van der Waals surface area (Å²) in [5.74, 6) is 0.876. The zero-order valence-electron chi connectivity index (χ0n) is 9.03. The van der Waals surface area contributed by atoms with Crippen LogP contribution in [0.4, 0.5) is 5.69 Å². The molecule has 86 valence electrons. The SMILES string of the molecule is Cc1cc([N+](=O)[O-])ccc1Oc1cnccn1. The van der Waals surface area contributed by atoms with Gasteiger partial charge in [0.1, 0.15) is 5.75 Å². The Morgan fingerprint density at radius 1 is 1.35 bits per heavy atom. The summed E-state index contributed by atoms with van der Waals surface area (Å²) in [5, 5.41) is 10.6. The van der Waals surface area contributed by atoms with Gasteiger partial charge in [-0.3, -0.25) is 15.1 Å². The van der Waals surface area contributed by atoms with Gasteiger partial charge in [0.05, 0.1) is 11.1 Å². The number of nitro benzene ring substituents is 1. The van der Waals surface area contributed by atoms with E-state index in [1.165, 1.54) is 30.7 Å². The minimum Gasteiger partial charge on any atom is -0.437 e. The zero-order valence-corrected chi connectivity index (χ0v) is 9.03. The second kappa shape index (κ2) is 4.56. The van der Waals surface area contributed by atoms with Crippen molar-refractivity contribution in [1.29, 1.82) is 0 Å². The van der Waals surface area contributed by atoms with Gasteiger partial charge in [-0.15, -0.1) is 0 Å². The topological polar surface area (TPSA) is 78.2 Å². The number of aryl methyl sites for hydroxylation is 1. The monoisotopic (exact) mass is 231 g/mol. The summed E-state index contributed by atoms with van der Waals surface area (Å²) in [6.07, 6.45) is 4.52. The first kappa shape index (κ1) is 11.0. The molecule has 0 fully saturated rings. The van der Waals surface area contributed by atoms with Gasteiger partial charge >= 0.3 is 0 Å². The van der Waals surface area contributed by atoms with Crippen molar-refractivity contribution in [3.05, 3.63) is 52.5 Å². The highest BCUT2D eigenvalue weighted by atomic mass is 16.6. The quantitative estimate of drug-likeness (QED) is 0.599. The Balaban J connectivity index is 2.26. The first-order valence-corrected chi connectivity index (χ1v) is 4.86. The lowest BCUT2D eigenvalue weighted by Gasteiger charge is -2.06. The molecular weight excluding hydrogens is 222 g/mol. The summed E-state index contributed by atoms with van der Waals surface area (Å²) in [7, 11) is 0. The third-order valence-electron chi connectivity index (χ3n) is 2.12. The van der Waals surface area contributed by atoms with E-state index in [0.29, 0.717) is 17.2 Å². The molecule has 6 nitrogen and oxygen atoms in total. The third kappa shape index (κ3) is 2.54. The maximum absolute atomic E-state index is 10.6. The van der Waals surface area contributed by atoms with Crippen LogP contribution in [0.15, 0.2) is 36.8 Å². The highest BCUT2D eigenvalue weighted by molar-refractivity contribution is 5.44. The average Bonchev–Trinajstić information content (AvgIpc) is 2.33. The van der Waals surface area contributed by atoms with Crippen LogP contribution in [0.1, 0.15) is 5.56 Å². The molecule has 0 aliphatic rings. The maximum Gasteiger partial charge on any atom is 0.269 e. The van der Waals surface area contributed by atoms with Crippen LogP contribution in [0.5, 0.6) is 11.6 Å². The minimum absolute atomic E-state index is 0.0361. The normalized spacial score (nSPS) is 9.94. The van der Waals surface area contributed by atoms with Crippen LogP contribution in [0.2, 0.25) is 0 Å². The predicted octanol–water partition coefficient (Wildman–Crippen LogP) is 2.49. The molecule has 0 spiro atoms. The number of nitro groups is 1. The minimum atomic E-state index is -0.445. The molecule has 0 amide bonds. The van der Waals surface area contributed by atoms with Crippen LogP contribution in [0, 0.1) is 17.0 Å². The molecule has 0 atom stereocenters. The number of non-ortho nitro benzene ring substituents is 1. The fraction of sp³-hybridized carbons (Fsp3) is 0.0909. The number of aromatic nitrogens is 2. The van der Waals surface area contributed by atoms with E-state index in [9.17, 15) is 10.1 Å². The van der Waals surface area contributed by atoms with Crippen LogP contribution in [0.25, 0.3) is 0 Å². The molecule has 0 radical (unpaired) electrons. The second-order valence-corrected chi connectivity index (χ2v) is 3.35. The van der Waals surface area contributed by atoms with Crippen molar-refractivity contribution in [2.75, 3.05) is 0 Å². The van der Waals surface area contributed by atoms with E-state index in [4.69, 9.17) is 4.74 Å². The maximum atomic E-state index is 10.6. The van der Waals surface area contributed by atoms with Crippen molar-refractivity contribution in [3.63, 3.8) is 0 Å². The Morgan fingerprint density at radius 2 is 2.18 bits per heavy atom. The van der Waals surface area contributed by atoms with Crippen LogP contribution in [0.3, 0.4) is 0 Å². The van der Waals surface area contributed by atoms with Crippen LogP contribution < -0.4 is 4.74 Å². The van der Waals surface area contributed by atoms with Gasteiger partial charge in [0.15, 0.2) is 0 Å². The third-order valence-corrected chi connectivity index (χ3v) is 2.12. The van der Waals surface area contributed by atoms with E-state index in [0.717, 1.165) is 0 Å². The summed E-state index contributed by atoms with van der Waals surface area (Å²) in [4.78, 5) is 17.9. The predicted molar refractivity (Wildman–Crippen MR) is 59.9 cm³/mol. The van der Waals surface area contributed by atoms with Crippen molar-refractivity contribution in [3.8, 4) is 11.6 Å². The first-order chi connectivity index (χ1) is 8.16. The summed E-state index contributed by atoms with van der Waals surface area (Å²) in [6.45, 7) is 1.73. The molecule has 6 heteroatoms. The summed E-state index contributed by atoms with van der Waals surface area (Å²) < 4.78 is 5.45. The Morgan fingerprint density at radius 3 is 2.76 bits per heavy atom. The molecule has 0 saturated heterocycles. The van der Waals surface area contributed by atoms with Gasteiger partial charge in [-0.1, -0.05) is 0 Å². The van der Waals surface area contributed by atoms with Gasteiger partial charge in [0, 0.05) is 24.5 Å². The molecular formula is C11H9N3O3. The molecule has 0 bridgehead atoms. The van der Waals surface area contributed by atoms with Gasteiger partial charge in [-0.2, -0.15) is 0 Å². The van der Waals surface area contributed by atoms with Gasteiger partial charge in [0.2, 0.25) is 5.88 Å². The van der Waals surface area contributed by atoms with E-state index in [1.54, 1.807) is 13.0 Å². The number of benzene rings is 1. The molecule has 1 heterocycles. The number of hydrogen-bond donors (Lipinski definition) is 0. The van der Waals surface area contributed by atoms with Crippen molar-refractivity contribution >= 4 is 5.69 Å². The zero-order chi connectivity index (χ0) is 12.3. The lowest BCUT2D eigenvalue weighted by molar-refractivity contribution is -0.384. The largest absolute Gasteiger partial charge is 0.437 e. The molecule has 0 aliphatic carbocycles. The molecule has 0 N–H and O–H groups in total. The highest BCUT2D eigenvalue weighted by Gasteiger charge is 2.09. The molecule has 0 saturated carbocycles. The molecule has 2 rings (SSSR count). The molecule has 2 aromatic rings. The number of hydrogen-bond acceptors (Lipinski definition) is 5. The van der Waals surface area contributed by atoms with Crippen LogP contribution in [-0.4, -0.2) is 14.9 Å². The summed E-state index contributed by atoms with van der Waals surface area (Å²) in [5.41, 5.74) is 0.707. The number of nitrogens with zero attached hydrogens (tertiary/aromatic N) is 3. The highest BCUT2D eigenvalue weighted by Crippen LogP contribution is 2.26. The van der Waals surface area contributed by atoms with Gasteiger partial charge < -0.3 is 4.74 Å². The Labute approximate surface area is 97.1 Å². The van der Waals surface area contributed by atoms with E-state index < -0.39 is 4.92 Å². The Bertz CT molecular complexity index is 543. The molecule has 0 unspecified atom stereocenters. The van der Waals surface area contributed by atoms with E-state index in [2.05, 4.69) is 9.97 Å². The lowest BCUT2D eigenvalue weighted by Crippen LogP contribution is -1.93. The lowest BCUT2D eigenvalue weighted by atomic mass is 10.2. The van der Waals surface area contributed by atoms with Crippen molar-refractivity contribution < 1.29 is 9.66 Å². The summed E-state index contributed by atoms with van der Waals surface area (Å²) in [6, 6.07) is 4.38. The van der Waals surface area contributed by atoms with Crippen molar-refractivity contribution in [1.82, 2.24) is 9.97 Å². The Kier molecular flexibility index (Phi) is 2.95. The van der Waals surface area contributed by atoms with Crippen LogP contribution in [-0.2, 0) is 0 Å². The molecule has 0 aliphatic heterocycles. The van der Waals surface area contributed by atoms with E-state index >= 15 is 0 Å². The van der Waals surface area contributed by atoms with Crippen molar-refractivity contribution in [2.24, 2.45) is 0 Å². The molecule has 1 aromatic carbocycles. The van der Waals surface area contributed by atoms with Crippen LogP contribution >= 0.6 is 0 Å². The standard InChI is InChI=1S/C11H9N3O3/c1-8-6-9(14(15)16)2-3-10(8)17-11-7-12-4-5-13-11/h2-7H,1H3. The van der Waals surface area contributed by atoms with Gasteiger partial charge in [-0.25, -0.2) is 4.98 Å². The van der Waals surface area contributed by atoms with E-state index in [1.807, 2.05) is 0 Å². The fourth-order valence-corrected chi connectivity index (χ4v) is 1.31. The van der Waals surface area contributed by atoms with Gasteiger partial charge in [0.25, 0.3) is 5.69 Å². The molecule has 1 aromatic heterocycles. The molecule has 17 heavy (non-hydrogen) atoms. The van der Waals surface area contributed by atoms with Gasteiger partial charge in [-0.05, 0) is 18.6 Å². The van der Waals surface area contributed by atoms with E-state index in [-0.39, 0.29) is 5.69 Å². The number of ether oxygens (including phenoxy) is 1. The number of rotatable bonds is 3. The fourth-order valence-electron chi connectivity index (χ4n) is 1.31. The average molecular weight is 231 g/mol. The van der Waals surface area contributed by atoms with Crippen molar-refractivity contribution in [2.45, 2.75) is 6.92 Å². The second-order valence-electron chi connectivity index (χ2n) is 3.35. The first-order valence-electron chi connectivity index (χ1n) is 4.86. The Hall–Kier alpha value is -2.50.